The zero-order chi connectivity index (χ0) is 16.8. The highest BCUT2D eigenvalue weighted by Gasteiger charge is 2.21. The van der Waals surface area contributed by atoms with Crippen molar-refractivity contribution in [1.82, 2.24) is 4.90 Å². The monoisotopic (exact) mass is 335 g/mol. The van der Waals surface area contributed by atoms with Crippen LogP contribution in [-0.4, -0.2) is 43.8 Å². The predicted octanol–water partition coefficient (Wildman–Crippen LogP) is 3.52. The van der Waals surface area contributed by atoms with Crippen LogP contribution in [-0.2, 0) is 4.74 Å². The Morgan fingerprint density at radius 2 is 2.13 bits per heavy atom. The first-order valence-electron chi connectivity index (χ1n) is 7.87. The number of hydrogen-bond acceptors (Lipinski definition) is 4. The summed E-state index contributed by atoms with van der Waals surface area (Å²) < 4.78 is 5.30. The number of carbonyl (C=O) groups excluding carboxylic acids is 1. The number of hydrogen-bond donors (Lipinski definition) is 0. The van der Waals surface area contributed by atoms with E-state index in [9.17, 15) is 4.79 Å². The van der Waals surface area contributed by atoms with Gasteiger partial charge in [-0.25, -0.2) is 4.79 Å². The van der Waals surface area contributed by atoms with Crippen molar-refractivity contribution in [2.24, 2.45) is 5.92 Å². The lowest BCUT2D eigenvalue weighted by molar-refractivity contribution is 0.0943. The Kier molecular flexibility index (Phi) is 6.12. The second-order valence-corrected chi connectivity index (χ2v) is 6.48. The van der Waals surface area contributed by atoms with Crippen molar-refractivity contribution in [3.8, 4) is 6.07 Å². The molecule has 1 saturated heterocycles. The van der Waals surface area contributed by atoms with Crippen molar-refractivity contribution in [1.29, 1.82) is 5.26 Å². The molecule has 23 heavy (non-hydrogen) atoms. The summed E-state index contributed by atoms with van der Waals surface area (Å²) in [7, 11) is 0. The van der Waals surface area contributed by atoms with Gasteiger partial charge in [-0.2, -0.15) is 5.26 Å². The molecule has 0 atom stereocenters. The lowest BCUT2D eigenvalue weighted by atomic mass is 10.2. The lowest BCUT2D eigenvalue weighted by Crippen LogP contribution is -2.36. The van der Waals surface area contributed by atoms with Crippen molar-refractivity contribution < 1.29 is 9.53 Å². The molecular weight excluding hydrogens is 314 g/mol. The topological polar surface area (TPSA) is 56.6 Å². The second kappa shape index (κ2) is 8.07. The van der Waals surface area contributed by atoms with Gasteiger partial charge in [-0.1, -0.05) is 25.4 Å². The van der Waals surface area contributed by atoms with Gasteiger partial charge < -0.3 is 14.5 Å². The van der Waals surface area contributed by atoms with Crippen molar-refractivity contribution in [2.75, 3.05) is 37.7 Å². The molecule has 0 bridgehead atoms. The van der Waals surface area contributed by atoms with E-state index in [1.165, 1.54) is 0 Å². The Morgan fingerprint density at radius 3 is 2.78 bits per heavy atom. The third kappa shape index (κ3) is 4.77. The number of ether oxygens (including phenoxy) is 1. The molecule has 124 valence electrons. The number of carbonyl (C=O) groups is 1. The van der Waals surface area contributed by atoms with Crippen LogP contribution in [0.25, 0.3) is 0 Å². The van der Waals surface area contributed by atoms with Gasteiger partial charge in [-0.05, 0) is 30.5 Å². The maximum Gasteiger partial charge on any atom is 0.409 e. The molecule has 2 rings (SSSR count). The van der Waals surface area contributed by atoms with E-state index in [0.29, 0.717) is 36.2 Å². The molecular formula is C17H22ClN3O2. The van der Waals surface area contributed by atoms with Gasteiger partial charge in [0.1, 0.15) is 6.07 Å². The average molecular weight is 336 g/mol. The van der Waals surface area contributed by atoms with E-state index in [4.69, 9.17) is 21.6 Å². The van der Waals surface area contributed by atoms with Crippen molar-refractivity contribution >= 4 is 23.4 Å². The van der Waals surface area contributed by atoms with Crippen molar-refractivity contribution in [3.63, 3.8) is 0 Å². The van der Waals surface area contributed by atoms with Gasteiger partial charge in [0.15, 0.2) is 0 Å². The molecule has 1 amide bonds. The Morgan fingerprint density at radius 1 is 1.35 bits per heavy atom. The van der Waals surface area contributed by atoms with Crippen LogP contribution in [0.3, 0.4) is 0 Å². The Balaban J connectivity index is 1.97. The molecule has 1 aromatic carbocycles. The summed E-state index contributed by atoms with van der Waals surface area (Å²) in [6.45, 7) is 7.36. The van der Waals surface area contributed by atoms with E-state index in [1.54, 1.807) is 11.0 Å². The molecule has 0 aromatic heterocycles. The molecule has 0 spiro atoms. The molecule has 1 aliphatic rings. The summed E-state index contributed by atoms with van der Waals surface area (Å²) in [4.78, 5) is 16.0. The quantitative estimate of drug-likeness (QED) is 0.848. The molecule has 1 fully saturated rings. The molecule has 0 aliphatic carbocycles. The molecule has 1 aromatic rings. The van der Waals surface area contributed by atoms with Gasteiger partial charge >= 0.3 is 6.09 Å². The smallest absolute Gasteiger partial charge is 0.409 e. The molecule has 0 radical (unpaired) electrons. The van der Waals surface area contributed by atoms with Crippen LogP contribution in [0.4, 0.5) is 10.5 Å². The van der Waals surface area contributed by atoms with Crippen LogP contribution in [0.2, 0.25) is 5.02 Å². The molecule has 0 N–H and O–H groups in total. The number of halogens is 1. The van der Waals surface area contributed by atoms with Crippen LogP contribution in [0, 0.1) is 17.2 Å². The summed E-state index contributed by atoms with van der Waals surface area (Å²) in [6, 6.07) is 7.51. The molecule has 0 saturated carbocycles. The molecule has 1 heterocycles. The third-order valence-corrected chi connectivity index (χ3v) is 4.05. The summed E-state index contributed by atoms with van der Waals surface area (Å²) in [5, 5.41) is 9.40. The van der Waals surface area contributed by atoms with Crippen LogP contribution >= 0.6 is 11.6 Å². The maximum atomic E-state index is 12.1. The fraction of sp³-hybridized carbons (Fsp3) is 0.529. The van der Waals surface area contributed by atoms with E-state index in [1.807, 2.05) is 26.0 Å². The number of nitrogens with zero attached hydrogens (tertiary/aromatic N) is 3. The van der Waals surface area contributed by atoms with Crippen molar-refractivity contribution in [2.45, 2.75) is 20.3 Å². The van der Waals surface area contributed by atoms with Gasteiger partial charge in [0, 0.05) is 31.9 Å². The molecule has 1 aliphatic heterocycles. The Bertz CT molecular complexity index is 598. The summed E-state index contributed by atoms with van der Waals surface area (Å²) in [5.41, 5.74) is 1.45. The van der Waals surface area contributed by atoms with E-state index < -0.39 is 0 Å². The second-order valence-electron chi connectivity index (χ2n) is 6.07. The Labute approximate surface area is 142 Å². The first-order chi connectivity index (χ1) is 11.0. The fourth-order valence-electron chi connectivity index (χ4n) is 2.48. The van der Waals surface area contributed by atoms with Gasteiger partial charge in [0.05, 0.1) is 17.2 Å². The van der Waals surface area contributed by atoms with Crippen LogP contribution in [0.1, 0.15) is 25.8 Å². The van der Waals surface area contributed by atoms with E-state index in [-0.39, 0.29) is 6.09 Å². The van der Waals surface area contributed by atoms with E-state index >= 15 is 0 Å². The minimum atomic E-state index is -0.238. The van der Waals surface area contributed by atoms with Crippen LogP contribution < -0.4 is 4.90 Å². The maximum absolute atomic E-state index is 12.1. The van der Waals surface area contributed by atoms with Crippen molar-refractivity contribution in [3.05, 3.63) is 28.8 Å². The summed E-state index contributed by atoms with van der Waals surface area (Å²) in [5.74, 6) is 0.336. The summed E-state index contributed by atoms with van der Waals surface area (Å²) >= 11 is 6.11. The SMILES string of the molecule is CC(C)COC(=O)N1CCCN(c2ccc(C#N)c(Cl)c2)CC1. The number of rotatable bonds is 3. The first-order valence-corrected chi connectivity index (χ1v) is 8.25. The van der Waals surface area contributed by atoms with E-state index in [0.717, 1.165) is 25.2 Å². The zero-order valence-electron chi connectivity index (χ0n) is 13.6. The standard InChI is InChI=1S/C17H22ClN3O2/c1-13(2)12-23-17(22)21-7-3-6-20(8-9-21)15-5-4-14(11-19)16(18)10-15/h4-5,10,13H,3,6-9,12H2,1-2H3. The Hall–Kier alpha value is -1.93. The highest BCUT2D eigenvalue weighted by molar-refractivity contribution is 6.32. The normalized spacial score (nSPS) is 15.3. The van der Waals surface area contributed by atoms with Crippen LogP contribution in [0.5, 0.6) is 0 Å². The highest BCUT2D eigenvalue weighted by Crippen LogP contribution is 2.24. The zero-order valence-corrected chi connectivity index (χ0v) is 14.3. The number of benzene rings is 1. The van der Waals surface area contributed by atoms with Gasteiger partial charge in [-0.3, -0.25) is 0 Å². The van der Waals surface area contributed by atoms with Gasteiger partial charge in [0.25, 0.3) is 0 Å². The van der Waals surface area contributed by atoms with Crippen LogP contribution in [0.15, 0.2) is 18.2 Å². The first kappa shape index (κ1) is 17.4. The predicted molar refractivity (Wildman–Crippen MR) is 90.8 cm³/mol. The largest absolute Gasteiger partial charge is 0.449 e. The van der Waals surface area contributed by atoms with Gasteiger partial charge in [0.2, 0.25) is 0 Å². The van der Waals surface area contributed by atoms with E-state index in [2.05, 4.69) is 11.0 Å². The molecule has 5 nitrogen and oxygen atoms in total. The number of nitriles is 1. The highest BCUT2D eigenvalue weighted by atomic mass is 35.5. The third-order valence-electron chi connectivity index (χ3n) is 3.73. The minimum Gasteiger partial charge on any atom is -0.449 e. The molecule has 6 heteroatoms. The van der Waals surface area contributed by atoms with Gasteiger partial charge in [-0.15, -0.1) is 0 Å². The molecule has 0 unspecified atom stereocenters. The number of anilines is 1. The lowest BCUT2D eigenvalue weighted by Gasteiger charge is -2.24. The fourth-order valence-corrected chi connectivity index (χ4v) is 2.70. The number of amides is 1. The summed E-state index contributed by atoms with van der Waals surface area (Å²) in [6.07, 6.45) is 0.632. The minimum absolute atomic E-state index is 0.238. The average Bonchev–Trinajstić information content (AvgIpc) is 2.78.